The maximum atomic E-state index is 12.8. The van der Waals surface area contributed by atoms with Crippen molar-refractivity contribution in [3.63, 3.8) is 0 Å². The van der Waals surface area contributed by atoms with E-state index in [1.807, 2.05) is 29.8 Å². The minimum atomic E-state index is 0.0614. The van der Waals surface area contributed by atoms with Gasteiger partial charge in [-0.1, -0.05) is 27.7 Å². The first-order valence-corrected chi connectivity index (χ1v) is 8.97. The molecule has 0 aromatic carbocycles. The highest BCUT2D eigenvalue weighted by Gasteiger charge is 2.67. The predicted octanol–water partition coefficient (Wildman–Crippen LogP) is 3.82. The maximum Gasteiger partial charge on any atom is 0.143 e. The van der Waals surface area contributed by atoms with Gasteiger partial charge in [0.25, 0.3) is 0 Å². The van der Waals surface area contributed by atoms with Crippen LogP contribution in [0.4, 0.5) is 0 Å². The molecule has 1 saturated carbocycles. The third kappa shape index (κ3) is 2.45. The molecule has 4 rings (SSSR count). The number of ketones is 1. The van der Waals surface area contributed by atoms with Gasteiger partial charge in [-0.05, 0) is 29.0 Å². The molecule has 0 atom stereocenters. The Bertz CT molecular complexity index is 1000. The number of fused-ring (bicyclic) bond motifs is 1. The maximum absolute atomic E-state index is 12.8. The van der Waals surface area contributed by atoms with Crippen molar-refractivity contribution >= 4 is 16.7 Å². The number of aryl methyl sites for hydroxylation is 1. The van der Waals surface area contributed by atoms with E-state index >= 15 is 0 Å². The zero-order valence-corrected chi connectivity index (χ0v) is 15.9. The second-order valence-electron chi connectivity index (χ2n) is 8.47. The van der Waals surface area contributed by atoms with Gasteiger partial charge in [-0.2, -0.15) is 0 Å². The lowest BCUT2D eigenvalue weighted by Gasteiger charge is -2.06. The fraction of sp³-hybridized carbons (Fsp3) is 0.429. The molecule has 134 valence electrons. The van der Waals surface area contributed by atoms with Gasteiger partial charge >= 0.3 is 0 Å². The lowest BCUT2D eigenvalue weighted by molar-refractivity contribution is -0.120. The molecule has 0 unspecified atom stereocenters. The van der Waals surface area contributed by atoms with Crippen LogP contribution in [0.1, 0.15) is 33.4 Å². The van der Waals surface area contributed by atoms with Gasteiger partial charge in [0, 0.05) is 36.7 Å². The fourth-order valence-corrected chi connectivity index (χ4v) is 4.18. The van der Waals surface area contributed by atoms with Gasteiger partial charge in [0.05, 0.1) is 29.4 Å². The Morgan fingerprint density at radius 3 is 2.50 bits per heavy atom. The smallest absolute Gasteiger partial charge is 0.143 e. The Kier molecular flexibility index (Phi) is 3.55. The topological polar surface area (TPSA) is 60.7 Å². The molecule has 1 aliphatic carbocycles. The summed E-state index contributed by atoms with van der Waals surface area (Å²) >= 11 is 0. The third-order valence-electron chi connectivity index (χ3n) is 6.41. The van der Waals surface area contributed by atoms with Gasteiger partial charge in [-0.25, -0.2) is 9.97 Å². The molecule has 0 aliphatic heterocycles. The highest BCUT2D eigenvalue weighted by molar-refractivity contribution is 5.89. The van der Waals surface area contributed by atoms with Crippen LogP contribution >= 0.6 is 0 Å². The molecule has 0 radical (unpaired) electrons. The molecule has 0 saturated heterocycles. The first-order valence-electron chi connectivity index (χ1n) is 8.97. The summed E-state index contributed by atoms with van der Waals surface area (Å²) in [6.45, 7) is 8.69. The number of hydrogen-bond acceptors (Lipinski definition) is 4. The largest absolute Gasteiger partial charge is 0.332 e. The van der Waals surface area contributed by atoms with Crippen LogP contribution in [0.3, 0.4) is 0 Å². The standard InChI is InChI=1S/C21H24N4O/c1-20(2)19(21(20,3)4)18(26)9-14-8-16-13(10-23-14)6-7-15(24-16)17-11-22-12-25(17)5/h6-8,10-12,19H,9H2,1-5H3. The molecule has 3 aromatic heterocycles. The third-order valence-corrected chi connectivity index (χ3v) is 6.41. The molecule has 1 aliphatic rings. The Labute approximate surface area is 153 Å². The molecule has 0 spiro atoms. The van der Waals surface area contributed by atoms with Crippen LogP contribution < -0.4 is 0 Å². The first-order chi connectivity index (χ1) is 12.2. The number of Topliss-reactive ketones (excluding diaryl/α,β-unsaturated/α-hetero) is 1. The lowest BCUT2D eigenvalue weighted by Crippen LogP contribution is -2.11. The van der Waals surface area contributed by atoms with Gasteiger partial charge < -0.3 is 4.57 Å². The molecule has 5 nitrogen and oxygen atoms in total. The molecular formula is C21H24N4O. The van der Waals surface area contributed by atoms with Crippen LogP contribution in [0, 0.1) is 16.7 Å². The molecule has 0 bridgehead atoms. The zero-order valence-electron chi connectivity index (χ0n) is 15.9. The molecule has 5 heteroatoms. The number of imidazole rings is 1. The van der Waals surface area contributed by atoms with Crippen molar-refractivity contribution < 1.29 is 4.79 Å². The average molecular weight is 348 g/mol. The van der Waals surface area contributed by atoms with Crippen LogP contribution in [0.15, 0.2) is 36.9 Å². The van der Waals surface area contributed by atoms with Crippen molar-refractivity contribution in [1.29, 1.82) is 0 Å². The van der Waals surface area contributed by atoms with E-state index in [1.165, 1.54) is 0 Å². The van der Waals surface area contributed by atoms with Crippen molar-refractivity contribution in [2.24, 2.45) is 23.8 Å². The minimum absolute atomic E-state index is 0.0614. The lowest BCUT2D eigenvalue weighted by atomic mass is 10.0. The van der Waals surface area contributed by atoms with E-state index in [2.05, 4.69) is 37.7 Å². The SMILES string of the molecule is Cn1cncc1-c1ccc2cnc(CC(=O)C3C(C)(C)C3(C)C)cc2n1. The highest BCUT2D eigenvalue weighted by Crippen LogP contribution is 2.68. The Balaban J connectivity index is 1.63. The summed E-state index contributed by atoms with van der Waals surface area (Å²) in [5.74, 6) is 0.371. The van der Waals surface area contributed by atoms with Crippen molar-refractivity contribution in [3.05, 3.63) is 42.6 Å². The van der Waals surface area contributed by atoms with E-state index in [4.69, 9.17) is 4.98 Å². The Morgan fingerprint density at radius 1 is 1.15 bits per heavy atom. The normalized spacial score (nSPS) is 18.2. The Morgan fingerprint density at radius 2 is 1.88 bits per heavy atom. The first kappa shape index (κ1) is 16.9. The molecule has 0 N–H and O–H groups in total. The number of hydrogen-bond donors (Lipinski definition) is 0. The highest BCUT2D eigenvalue weighted by atomic mass is 16.1. The molecular weight excluding hydrogens is 324 g/mol. The van der Waals surface area contributed by atoms with Gasteiger partial charge in [-0.15, -0.1) is 0 Å². The number of rotatable bonds is 4. The second kappa shape index (κ2) is 5.47. The van der Waals surface area contributed by atoms with E-state index < -0.39 is 0 Å². The summed E-state index contributed by atoms with van der Waals surface area (Å²) in [6, 6.07) is 5.92. The Hall–Kier alpha value is -2.56. The predicted molar refractivity (Wildman–Crippen MR) is 102 cm³/mol. The van der Waals surface area contributed by atoms with Crippen LogP contribution in [0.2, 0.25) is 0 Å². The van der Waals surface area contributed by atoms with Gasteiger partial charge in [0.2, 0.25) is 0 Å². The van der Waals surface area contributed by atoms with Crippen molar-refractivity contribution in [3.8, 4) is 11.4 Å². The van der Waals surface area contributed by atoms with Crippen LogP contribution in [-0.2, 0) is 18.3 Å². The number of nitrogens with zero attached hydrogens (tertiary/aromatic N) is 4. The van der Waals surface area contributed by atoms with Crippen LogP contribution in [0.25, 0.3) is 22.3 Å². The summed E-state index contributed by atoms with van der Waals surface area (Å²) in [4.78, 5) is 26.2. The van der Waals surface area contributed by atoms with E-state index in [-0.39, 0.29) is 22.5 Å². The number of aromatic nitrogens is 4. The van der Waals surface area contributed by atoms with Crippen LogP contribution in [0.5, 0.6) is 0 Å². The average Bonchev–Trinajstić information content (AvgIpc) is 2.86. The molecule has 3 aromatic rings. The quantitative estimate of drug-likeness (QED) is 0.719. The second-order valence-corrected chi connectivity index (χ2v) is 8.47. The monoisotopic (exact) mass is 348 g/mol. The van der Waals surface area contributed by atoms with Crippen molar-refractivity contribution in [1.82, 2.24) is 19.5 Å². The fourth-order valence-electron chi connectivity index (χ4n) is 4.18. The molecule has 26 heavy (non-hydrogen) atoms. The zero-order chi connectivity index (χ0) is 18.7. The molecule has 1 fully saturated rings. The summed E-state index contributed by atoms with van der Waals surface area (Å²) in [5.41, 5.74) is 3.59. The number of carbonyl (C=O) groups is 1. The van der Waals surface area contributed by atoms with E-state index in [0.717, 1.165) is 28.0 Å². The van der Waals surface area contributed by atoms with Gasteiger partial charge in [-0.3, -0.25) is 9.78 Å². The number of pyridine rings is 2. The molecule has 3 heterocycles. The summed E-state index contributed by atoms with van der Waals surface area (Å²) in [5, 5.41) is 0.971. The van der Waals surface area contributed by atoms with Gasteiger partial charge in [0.15, 0.2) is 0 Å². The summed E-state index contributed by atoms with van der Waals surface area (Å²) in [6.07, 6.45) is 5.74. The number of carbonyl (C=O) groups excluding carboxylic acids is 1. The summed E-state index contributed by atoms with van der Waals surface area (Å²) in [7, 11) is 1.95. The van der Waals surface area contributed by atoms with E-state index in [9.17, 15) is 4.79 Å². The van der Waals surface area contributed by atoms with Crippen molar-refractivity contribution in [2.45, 2.75) is 34.1 Å². The van der Waals surface area contributed by atoms with E-state index in [0.29, 0.717) is 6.42 Å². The van der Waals surface area contributed by atoms with Gasteiger partial charge in [0.1, 0.15) is 5.78 Å². The summed E-state index contributed by atoms with van der Waals surface area (Å²) < 4.78 is 1.94. The van der Waals surface area contributed by atoms with Crippen LogP contribution in [-0.4, -0.2) is 25.3 Å². The van der Waals surface area contributed by atoms with Crippen molar-refractivity contribution in [2.75, 3.05) is 0 Å². The van der Waals surface area contributed by atoms with E-state index in [1.54, 1.807) is 18.7 Å². The molecule has 0 amide bonds. The minimum Gasteiger partial charge on any atom is -0.332 e.